The molecule has 0 bridgehead atoms. The Hall–Kier alpha value is -0.320. The molecule has 0 fully saturated rings. The molecule has 37 heavy (non-hydrogen) atoms. The summed E-state index contributed by atoms with van der Waals surface area (Å²) in [4.78, 5) is 11.5. The normalized spacial score (nSPS) is 11.7. The van der Waals surface area contributed by atoms with E-state index in [1.54, 1.807) is 0 Å². The Morgan fingerprint density at radius 3 is 1.19 bits per heavy atom. The molecule has 0 radical (unpaired) electrons. The van der Waals surface area contributed by atoms with Gasteiger partial charge in [0.25, 0.3) is 0 Å². The molecule has 0 unspecified atom stereocenters. The minimum Gasteiger partial charge on any atom is -0.444 e. The fourth-order valence-corrected chi connectivity index (χ4v) is 2.84. The van der Waals surface area contributed by atoms with E-state index in [2.05, 4.69) is 27.9 Å². The van der Waals surface area contributed by atoms with E-state index in [-0.39, 0.29) is 6.09 Å². The Bertz CT molecular complexity index is 483. The number of nitrogens with one attached hydrogen (secondary N) is 1. The van der Waals surface area contributed by atoms with Crippen LogP contribution in [0, 0.1) is 0 Å². The van der Waals surface area contributed by atoms with Crippen molar-refractivity contribution < 1.29 is 47.4 Å². The second-order valence-electron chi connectivity index (χ2n) is 8.72. The standard InChI is InChI=1S/C25H50INO10/c1-25(2,3)37-24(28)27-7-4-5-8-29-10-12-31-14-16-33-18-20-35-22-23-36-21-19-34-17-15-32-13-11-30-9-6-26/h4-23H2,1-3H3,(H,27,28). The van der Waals surface area contributed by atoms with Gasteiger partial charge in [-0.2, -0.15) is 0 Å². The monoisotopic (exact) mass is 651 g/mol. The van der Waals surface area contributed by atoms with Crippen LogP contribution >= 0.6 is 22.6 Å². The lowest BCUT2D eigenvalue weighted by atomic mass is 10.2. The van der Waals surface area contributed by atoms with Crippen molar-refractivity contribution in [2.45, 2.75) is 39.2 Å². The maximum absolute atomic E-state index is 11.5. The van der Waals surface area contributed by atoms with E-state index >= 15 is 0 Å². The lowest BCUT2D eigenvalue weighted by Gasteiger charge is -2.19. The van der Waals surface area contributed by atoms with E-state index in [9.17, 15) is 4.79 Å². The quantitative estimate of drug-likeness (QED) is 0.0771. The Kier molecular flexibility index (Phi) is 28.4. The number of halogens is 1. The van der Waals surface area contributed by atoms with Gasteiger partial charge in [0.15, 0.2) is 0 Å². The van der Waals surface area contributed by atoms with E-state index in [4.69, 9.17) is 42.6 Å². The second kappa shape index (κ2) is 28.7. The molecule has 0 spiro atoms. The zero-order valence-corrected chi connectivity index (χ0v) is 25.3. The SMILES string of the molecule is CC(C)(C)OC(=O)NCCCCOCCOCCOCCOCCOCCOCCOCCOCCI. The maximum atomic E-state index is 11.5. The third-order valence-electron chi connectivity index (χ3n) is 4.21. The molecule has 0 saturated heterocycles. The molecule has 12 heteroatoms. The predicted octanol–water partition coefficient (Wildman–Crippen LogP) is 2.86. The van der Waals surface area contributed by atoms with Crippen LogP contribution in [0.5, 0.6) is 0 Å². The van der Waals surface area contributed by atoms with Crippen LogP contribution < -0.4 is 5.32 Å². The molecule has 0 saturated carbocycles. The lowest BCUT2D eigenvalue weighted by Crippen LogP contribution is -2.33. The third-order valence-corrected chi connectivity index (χ3v) is 4.65. The van der Waals surface area contributed by atoms with Gasteiger partial charge in [-0.05, 0) is 33.6 Å². The van der Waals surface area contributed by atoms with Crippen molar-refractivity contribution in [1.82, 2.24) is 5.32 Å². The van der Waals surface area contributed by atoms with Gasteiger partial charge in [-0.25, -0.2) is 4.79 Å². The molecule has 0 aliphatic heterocycles. The number of rotatable bonds is 28. The van der Waals surface area contributed by atoms with Crippen LogP contribution in [0.4, 0.5) is 4.79 Å². The van der Waals surface area contributed by atoms with Gasteiger partial charge in [-0.1, -0.05) is 22.6 Å². The minimum absolute atomic E-state index is 0.386. The highest BCUT2D eigenvalue weighted by Gasteiger charge is 2.15. The first-order valence-electron chi connectivity index (χ1n) is 13.1. The van der Waals surface area contributed by atoms with Crippen molar-refractivity contribution in [3.63, 3.8) is 0 Å². The van der Waals surface area contributed by atoms with E-state index in [1.165, 1.54) is 0 Å². The number of amides is 1. The topological polar surface area (TPSA) is 112 Å². The molecule has 0 aliphatic carbocycles. The summed E-state index contributed by atoms with van der Waals surface area (Å²) < 4.78 is 49.6. The Balaban J connectivity index is 3.09. The fourth-order valence-electron chi connectivity index (χ4n) is 2.53. The Morgan fingerprint density at radius 2 is 0.865 bits per heavy atom. The summed E-state index contributed by atoms with van der Waals surface area (Å²) in [6.07, 6.45) is 1.31. The maximum Gasteiger partial charge on any atom is 0.407 e. The number of hydrogen-bond acceptors (Lipinski definition) is 10. The van der Waals surface area contributed by atoms with Crippen molar-refractivity contribution in [3.8, 4) is 0 Å². The van der Waals surface area contributed by atoms with Gasteiger partial charge >= 0.3 is 6.09 Å². The van der Waals surface area contributed by atoms with Crippen molar-refractivity contribution in [2.24, 2.45) is 0 Å². The van der Waals surface area contributed by atoms with E-state index < -0.39 is 5.60 Å². The highest BCUT2D eigenvalue weighted by molar-refractivity contribution is 14.1. The number of alkyl carbamates (subject to hydrolysis) is 1. The van der Waals surface area contributed by atoms with Crippen molar-refractivity contribution >= 4 is 28.7 Å². The van der Waals surface area contributed by atoms with Crippen LogP contribution in [0.2, 0.25) is 0 Å². The van der Waals surface area contributed by atoms with Gasteiger partial charge in [0, 0.05) is 17.6 Å². The molecular weight excluding hydrogens is 601 g/mol. The molecular formula is C25H50INO10. The summed E-state index contributed by atoms with van der Waals surface area (Å²) in [6, 6.07) is 0. The Labute approximate surface area is 236 Å². The summed E-state index contributed by atoms with van der Waals surface area (Å²) in [6.45, 7) is 15.1. The number of carbonyl (C=O) groups excluding carboxylic acids is 1. The molecule has 0 atom stereocenters. The van der Waals surface area contributed by atoms with Crippen LogP contribution in [0.1, 0.15) is 33.6 Å². The molecule has 0 aliphatic rings. The molecule has 0 aromatic heterocycles. The van der Waals surface area contributed by atoms with Gasteiger partial charge in [0.2, 0.25) is 0 Å². The summed E-state index contributed by atoms with van der Waals surface area (Å²) in [5.74, 6) is 0. The van der Waals surface area contributed by atoms with Crippen LogP contribution in [0.25, 0.3) is 0 Å². The largest absolute Gasteiger partial charge is 0.444 e. The molecule has 0 heterocycles. The first-order chi connectivity index (χ1) is 18.0. The van der Waals surface area contributed by atoms with Gasteiger partial charge in [-0.15, -0.1) is 0 Å². The number of ether oxygens (including phenoxy) is 9. The second-order valence-corrected chi connectivity index (χ2v) is 9.80. The van der Waals surface area contributed by atoms with Crippen molar-refractivity contribution in [3.05, 3.63) is 0 Å². The van der Waals surface area contributed by atoms with Crippen molar-refractivity contribution in [2.75, 3.05) is 117 Å². The zero-order chi connectivity index (χ0) is 27.3. The predicted molar refractivity (Wildman–Crippen MR) is 149 cm³/mol. The lowest BCUT2D eigenvalue weighted by molar-refractivity contribution is -0.0228. The molecule has 11 nitrogen and oxygen atoms in total. The molecule has 1 N–H and O–H groups in total. The van der Waals surface area contributed by atoms with E-state index in [0.29, 0.717) is 106 Å². The number of carbonyl (C=O) groups is 1. The van der Waals surface area contributed by atoms with Crippen LogP contribution in [-0.2, 0) is 42.6 Å². The first-order valence-corrected chi connectivity index (χ1v) is 14.6. The fraction of sp³-hybridized carbons (Fsp3) is 0.960. The minimum atomic E-state index is -0.474. The average Bonchev–Trinajstić information content (AvgIpc) is 2.84. The zero-order valence-electron chi connectivity index (χ0n) is 23.1. The van der Waals surface area contributed by atoms with Crippen LogP contribution in [-0.4, -0.2) is 128 Å². The van der Waals surface area contributed by atoms with Crippen molar-refractivity contribution in [1.29, 1.82) is 0 Å². The highest BCUT2D eigenvalue weighted by atomic mass is 127. The van der Waals surface area contributed by atoms with Gasteiger partial charge in [-0.3, -0.25) is 0 Å². The Morgan fingerprint density at radius 1 is 0.541 bits per heavy atom. The van der Waals surface area contributed by atoms with Gasteiger partial charge in [0.05, 0.1) is 99.1 Å². The van der Waals surface area contributed by atoms with E-state index in [1.807, 2.05) is 20.8 Å². The van der Waals surface area contributed by atoms with Crippen LogP contribution in [0.15, 0.2) is 0 Å². The molecule has 0 aromatic carbocycles. The number of unbranched alkanes of at least 4 members (excludes halogenated alkanes) is 1. The van der Waals surface area contributed by atoms with Gasteiger partial charge in [0.1, 0.15) is 5.60 Å². The molecule has 1 amide bonds. The smallest absolute Gasteiger partial charge is 0.407 e. The van der Waals surface area contributed by atoms with E-state index in [0.717, 1.165) is 23.9 Å². The first kappa shape index (κ1) is 36.7. The summed E-state index contributed by atoms with van der Waals surface area (Å²) in [5, 5.41) is 2.73. The summed E-state index contributed by atoms with van der Waals surface area (Å²) in [7, 11) is 0. The number of alkyl halides is 1. The summed E-state index contributed by atoms with van der Waals surface area (Å²) in [5.41, 5.74) is -0.474. The molecule has 0 rings (SSSR count). The summed E-state index contributed by atoms with van der Waals surface area (Å²) >= 11 is 2.28. The van der Waals surface area contributed by atoms with Crippen LogP contribution in [0.3, 0.4) is 0 Å². The van der Waals surface area contributed by atoms with Gasteiger partial charge < -0.3 is 47.9 Å². The average molecular weight is 652 g/mol. The third kappa shape index (κ3) is 33.7. The molecule has 222 valence electrons. The number of hydrogen-bond donors (Lipinski definition) is 1. The highest BCUT2D eigenvalue weighted by Crippen LogP contribution is 2.06. The molecule has 0 aromatic rings.